The Morgan fingerprint density at radius 1 is 0.389 bits per heavy atom. The van der Waals surface area contributed by atoms with Gasteiger partial charge in [0.2, 0.25) is 0 Å². The van der Waals surface area contributed by atoms with E-state index in [1.54, 1.807) is 48.5 Å². The van der Waals surface area contributed by atoms with Gasteiger partial charge in [0.1, 0.15) is 22.8 Å². The van der Waals surface area contributed by atoms with E-state index in [1.807, 2.05) is 0 Å². The maximum Gasteiger partial charge on any atom is 0.354 e. The summed E-state index contributed by atoms with van der Waals surface area (Å²) in [6, 6.07) is 19.8. The van der Waals surface area contributed by atoms with E-state index in [-0.39, 0.29) is 22.8 Å². The van der Waals surface area contributed by atoms with Crippen molar-refractivity contribution < 1.29 is 39.6 Å². The van der Waals surface area contributed by atoms with Crippen molar-refractivity contribution >= 4 is 23.9 Å². The van der Waals surface area contributed by atoms with E-state index >= 15 is 0 Å². The number of carboxylic acid groups (broad SMARTS) is 4. The molecule has 0 aromatic carbocycles. The summed E-state index contributed by atoms with van der Waals surface area (Å²) in [7, 11) is 0. The van der Waals surface area contributed by atoms with E-state index in [0.717, 1.165) is 12.8 Å². The zero-order valence-corrected chi connectivity index (χ0v) is 29.8. The third-order valence-electron chi connectivity index (χ3n) is 9.01. The van der Waals surface area contributed by atoms with Crippen molar-refractivity contribution in [1.82, 2.24) is 39.5 Å². The van der Waals surface area contributed by atoms with Gasteiger partial charge in [-0.3, -0.25) is 19.6 Å². The number of carboxylic acids is 4. The molecule has 0 saturated carbocycles. The molecule has 5 heterocycles. The van der Waals surface area contributed by atoms with Crippen LogP contribution in [0, 0.1) is 0 Å². The van der Waals surface area contributed by atoms with Gasteiger partial charge >= 0.3 is 23.9 Å². The molecule has 0 amide bonds. The lowest BCUT2D eigenvalue weighted by molar-refractivity contribution is 0.0678. The van der Waals surface area contributed by atoms with Crippen molar-refractivity contribution in [3.05, 3.63) is 118 Å². The minimum absolute atomic E-state index is 0.0303. The van der Waals surface area contributed by atoms with Crippen LogP contribution in [0.25, 0.3) is 0 Å². The predicted molar refractivity (Wildman–Crippen MR) is 195 cm³/mol. The fourth-order valence-electron chi connectivity index (χ4n) is 6.34. The smallest absolute Gasteiger partial charge is 0.354 e. The maximum absolute atomic E-state index is 11.7. The molecule has 5 rings (SSSR count). The molecule has 4 N–H and O–H groups in total. The van der Waals surface area contributed by atoms with Crippen LogP contribution in [0.4, 0.5) is 0 Å². The largest absolute Gasteiger partial charge is 0.477 e. The Bertz CT molecular complexity index is 1660. The van der Waals surface area contributed by atoms with Crippen molar-refractivity contribution in [3.63, 3.8) is 0 Å². The molecular formula is C38H44N8O8. The first-order chi connectivity index (χ1) is 26.0. The van der Waals surface area contributed by atoms with Crippen molar-refractivity contribution in [2.24, 2.45) is 0 Å². The number of rotatable bonds is 12. The van der Waals surface area contributed by atoms with Crippen molar-refractivity contribution in [2.45, 2.75) is 39.0 Å². The highest BCUT2D eigenvalue weighted by molar-refractivity contribution is 5.86. The first kappa shape index (κ1) is 39.5. The van der Waals surface area contributed by atoms with Crippen molar-refractivity contribution in [1.29, 1.82) is 0 Å². The van der Waals surface area contributed by atoms with E-state index in [2.05, 4.69) is 39.5 Å². The monoisotopic (exact) mass is 740 g/mol. The van der Waals surface area contributed by atoms with Gasteiger partial charge in [-0.05, 0) is 87.6 Å². The normalized spacial score (nSPS) is 16.0. The number of carbonyl (C=O) groups is 4. The van der Waals surface area contributed by atoms with Crippen LogP contribution in [0.15, 0.2) is 72.8 Å². The first-order valence-electron chi connectivity index (χ1n) is 17.7. The molecule has 0 unspecified atom stereocenters. The summed E-state index contributed by atoms with van der Waals surface area (Å²) in [5.41, 5.74) is 2.38. The highest BCUT2D eigenvalue weighted by atomic mass is 16.4. The molecule has 0 spiro atoms. The average molecular weight is 741 g/mol. The molecule has 0 aliphatic carbocycles. The summed E-state index contributed by atoms with van der Waals surface area (Å²) in [5, 5.41) is 38.1. The van der Waals surface area contributed by atoms with Gasteiger partial charge in [-0.1, -0.05) is 24.3 Å². The van der Waals surface area contributed by atoms with Gasteiger partial charge in [0.05, 0.1) is 22.8 Å². The van der Waals surface area contributed by atoms with Crippen LogP contribution >= 0.6 is 0 Å². The molecule has 1 aliphatic heterocycles. The molecule has 0 radical (unpaired) electrons. The van der Waals surface area contributed by atoms with E-state index in [0.29, 0.717) is 101 Å². The van der Waals surface area contributed by atoms with Gasteiger partial charge in [0, 0.05) is 52.4 Å². The Morgan fingerprint density at radius 3 is 0.815 bits per heavy atom. The van der Waals surface area contributed by atoms with Gasteiger partial charge in [0.15, 0.2) is 0 Å². The third kappa shape index (κ3) is 12.2. The van der Waals surface area contributed by atoms with E-state index in [4.69, 9.17) is 0 Å². The number of aromatic nitrogens is 4. The summed E-state index contributed by atoms with van der Waals surface area (Å²) in [6.45, 7) is 6.68. The Morgan fingerprint density at radius 2 is 0.611 bits per heavy atom. The minimum atomic E-state index is -1.10. The third-order valence-corrected chi connectivity index (χ3v) is 9.01. The summed E-state index contributed by atoms with van der Waals surface area (Å²) in [5.74, 6) is -4.40. The van der Waals surface area contributed by atoms with Crippen LogP contribution in [0.2, 0.25) is 0 Å². The Balaban J connectivity index is 1.40. The van der Waals surface area contributed by atoms with Crippen molar-refractivity contribution in [2.75, 3.05) is 52.4 Å². The van der Waals surface area contributed by atoms with Crippen LogP contribution < -0.4 is 0 Å². The topological polar surface area (TPSA) is 214 Å². The molecule has 16 nitrogen and oxygen atoms in total. The second-order valence-electron chi connectivity index (χ2n) is 13.1. The zero-order valence-electron chi connectivity index (χ0n) is 29.8. The molecule has 0 bridgehead atoms. The summed E-state index contributed by atoms with van der Waals surface area (Å²) >= 11 is 0. The Hall–Kier alpha value is -5.68. The highest BCUT2D eigenvalue weighted by Crippen LogP contribution is 2.13. The fraction of sp³-hybridized carbons (Fsp3) is 0.368. The van der Waals surface area contributed by atoms with Gasteiger partial charge in [-0.2, -0.15) is 0 Å². The molecule has 4 aromatic heterocycles. The van der Waals surface area contributed by atoms with E-state index < -0.39 is 23.9 Å². The average Bonchev–Trinajstić information content (AvgIpc) is 3.15. The first-order valence-corrected chi connectivity index (χ1v) is 17.7. The molecule has 1 saturated heterocycles. The number of hydrogen-bond donors (Lipinski definition) is 4. The SMILES string of the molecule is O=C(O)c1cccc(CN2CCCN(Cc3cccc(C(=O)O)n3)CCN(Cc3cccc(C(=O)O)n3)CCCN(Cc3cccc(C(=O)O)n3)CC2)n1. The lowest BCUT2D eigenvalue weighted by Gasteiger charge is -2.32. The molecule has 1 aliphatic rings. The molecule has 1 fully saturated rings. The van der Waals surface area contributed by atoms with Gasteiger partial charge in [0.25, 0.3) is 0 Å². The summed E-state index contributed by atoms with van der Waals surface area (Å²) in [6.07, 6.45) is 1.45. The molecule has 16 heteroatoms. The van der Waals surface area contributed by atoms with Gasteiger partial charge < -0.3 is 20.4 Å². The number of aromatic carboxylic acids is 4. The Labute approximate surface area is 312 Å². The van der Waals surface area contributed by atoms with Gasteiger partial charge in [-0.25, -0.2) is 39.1 Å². The number of hydrogen-bond acceptors (Lipinski definition) is 12. The Kier molecular flexibility index (Phi) is 14.2. The van der Waals surface area contributed by atoms with E-state index in [1.165, 1.54) is 24.3 Å². The molecule has 0 atom stereocenters. The second kappa shape index (κ2) is 19.4. The number of nitrogens with zero attached hydrogens (tertiary/aromatic N) is 8. The summed E-state index contributed by atoms with van der Waals surface area (Å²) < 4.78 is 0. The quantitative estimate of drug-likeness (QED) is 0.164. The predicted octanol–water partition coefficient (Wildman–Crippen LogP) is 3.16. The molecular weight excluding hydrogens is 696 g/mol. The highest BCUT2D eigenvalue weighted by Gasteiger charge is 2.19. The summed E-state index contributed by atoms with van der Waals surface area (Å²) in [4.78, 5) is 73.0. The van der Waals surface area contributed by atoms with Crippen LogP contribution in [0.5, 0.6) is 0 Å². The van der Waals surface area contributed by atoms with Crippen molar-refractivity contribution in [3.8, 4) is 0 Å². The van der Waals surface area contributed by atoms with Crippen LogP contribution in [0.3, 0.4) is 0 Å². The van der Waals surface area contributed by atoms with Crippen LogP contribution in [0.1, 0.15) is 77.6 Å². The molecule has 54 heavy (non-hydrogen) atoms. The van der Waals surface area contributed by atoms with Crippen LogP contribution in [-0.2, 0) is 26.2 Å². The standard InChI is InChI=1S/C38H44N8O8/c47-35(48)31-11-1-7-27(39-31)23-43-15-5-16-45(25-29-9-3-13-33(41-29)37(51)52)21-22-46(26-30-10-4-14-34(42-30)38(53)54)18-6-17-44(20-19-43)24-28-8-2-12-32(40-28)36(49)50/h1-4,7-14H,5-6,15-26H2,(H,47,48)(H,49,50)(H,51,52)(H,53,54). The fourth-order valence-corrected chi connectivity index (χ4v) is 6.34. The van der Waals surface area contributed by atoms with Crippen LogP contribution in [-0.4, -0.2) is 136 Å². The lowest BCUT2D eigenvalue weighted by Crippen LogP contribution is -2.41. The maximum atomic E-state index is 11.7. The lowest BCUT2D eigenvalue weighted by atomic mass is 10.2. The minimum Gasteiger partial charge on any atom is -0.477 e. The second-order valence-corrected chi connectivity index (χ2v) is 13.1. The molecule has 284 valence electrons. The molecule has 4 aromatic rings. The zero-order chi connectivity index (χ0) is 38.5. The number of pyridine rings is 4. The van der Waals surface area contributed by atoms with Gasteiger partial charge in [-0.15, -0.1) is 0 Å². The van der Waals surface area contributed by atoms with E-state index in [9.17, 15) is 39.6 Å².